The molecule has 0 spiro atoms. The number of amides is 1. The summed E-state index contributed by atoms with van der Waals surface area (Å²) in [4.78, 5) is 22.5. The summed E-state index contributed by atoms with van der Waals surface area (Å²) in [5.41, 5.74) is 1.09. The first-order valence-electron chi connectivity index (χ1n) is 7.46. The molecule has 0 aliphatic rings. The number of ether oxygens (including phenoxy) is 1. The van der Waals surface area contributed by atoms with Gasteiger partial charge in [-0.2, -0.15) is 5.10 Å². The molecule has 132 valence electrons. The molecule has 2 aromatic carbocycles. The first-order valence-corrected chi connectivity index (χ1v) is 7.46. The molecule has 0 aliphatic carbocycles. The predicted molar refractivity (Wildman–Crippen MR) is 93.3 cm³/mol. The summed E-state index contributed by atoms with van der Waals surface area (Å²) in [5.74, 6) is -0.225. The lowest BCUT2D eigenvalue weighted by atomic mass is 10.1. The van der Waals surface area contributed by atoms with Crippen LogP contribution in [0.15, 0.2) is 48.5 Å². The molecule has 0 saturated carbocycles. The van der Waals surface area contributed by atoms with Gasteiger partial charge < -0.3 is 15.2 Å². The average Bonchev–Trinajstić information content (AvgIpc) is 3.13. The number of aromatic hydroxyl groups is 1. The minimum atomic E-state index is -0.619. The monoisotopic (exact) mass is 354 g/mol. The minimum absolute atomic E-state index is 0.0678. The van der Waals surface area contributed by atoms with Gasteiger partial charge in [0.2, 0.25) is 0 Å². The first kappa shape index (κ1) is 17.0. The maximum Gasteiger partial charge on any atom is 0.273 e. The maximum absolute atomic E-state index is 12.3. The molecular formula is C17H14N4O5. The van der Waals surface area contributed by atoms with Crippen molar-refractivity contribution in [3.63, 3.8) is 0 Å². The van der Waals surface area contributed by atoms with Crippen molar-refractivity contribution >= 4 is 17.3 Å². The van der Waals surface area contributed by atoms with Gasteiger partial charge in [0.15, 0.2) is 0 Å². The van der Waals surface area contributed by atoms with Crippen molar-refractivity contribution in [2.24, 2.45) is 0 Å². The number of non-ortho nitro benzene ring substituents is 1. The fourth-order valence-corrected chi connectivity index (χ4v) is 2.30. The number of aromatic amines is 1. The molecule has 1 amide bonds. The molecule has 1 heterocycles. The summed E-state index contributed by atoms with van der Waals surface area (Å²) in [5, 5.41) is 29.7. The molecule has 3 rings (SSSR count). The number of nitrogens with one attached hydrogen (secondary N) is 2. The van der Waals surface area contributed by atoms with Crippen LogP contribution in [0.2, 0.25) is 0 Å². The van der Waals surface area contributed by atoms with Gasteiger partial charge in [-0.3, -0.25) is 20.0 Å². The number of nitro groups is 1. The van der Waals surface area contributed by atoms with Crippen LogP contribution in [0.3, 0.4) is 0 Å². The largest absolute Gasteiger partial charge is 0.506 e. The highest BCUT2D eigenvalue weighted by atomic mass is 16.6. The standard InChI is InChI=1S/C17H14N4O5/c1-26-12-4-2-3-10(7-12)13-9-15(20-19-13)17(23)18-14-8-11(21(24)25)5-6-16(14)22/h2-9,22H,1H3,(H,18,23)(H,19,20). The summed E-state index contributed by atoms with van der Waals surface area (Å²) < 4.78 is 5.15. The Bertz CT molecular complexity index is 983. The average molecular weight is 354 g/mol. The van der Waals surface area contributed by atoms with E-state index < -0.39 is 10.8 Å². The molecule has 9 heteroatoms. The van der Waals surface area contributed by atoms with Gasteiger partial charge in [0.25, 0.3) is 11.6 Å². The van der Waals surface area contributed by atoms with Crippen molar-refractivity contribution in [3.8, 4) is 22.8 Å². The number of rotatable bonds is 5. The Morgan fingerprint density at radius 3 is 2.81 bits per heavy atom. The van der Waals surface area contributed by atoms with Crippen molar-refractivity contribution < 1.29 is 19.6 Å². The van der Waals surface area contributed by atoms with Crippen LogP contribution in [-0.2, 0) is 0 Å². The quantitative estimate of drug-likeness (QED) is 0.367. The molecule has 0 aliphatic heterocycles. The number of hydrogen-bond donors (Lipinski definition) is 3. The summed E-state index contributed by atoms with van der Waals surface area (Å²) in [7, 11) is 1.55. The van der Waals surface area contributed by atoms with Crippen molar-refractivity contribution in [1.82, 2.24) is 10.2 Å². The van der Waals surface area contributed by atoms with Crippen LogP contribution in [0.1, 0.15) is 10.5 Å². The van der Waals surface area contributed by atoms with Gasteiger partial charge in [0.05, 0.1) is 23.4 Å². The topological polar surface area (TPSA) is 130 Å². The molecule has 3 aromatic rings. The Hall–Kier alpha value is -3.88. The number of benzene rings is 2. The van der Waals surface area contributed by atoms with Gasteiger partial charge in [-0.05, 0) is 24.3 Å². The van der Waals surface area contributed by atoms with E-state index in [0.717, 1.165) is 23.8 Å². The molecule has 9 nitrogen and oxygen atoms in total. The van der Waals surface area contributed by atoms with E-state index in [0.29, 0.717) is 11.4 Å². The van der Waals surface area contributed by atoms with Crippen LogP contribution in [0.4, 0.5) is 11.4 Å². The molecule has 0 fully saturated rings. The number of H-pyrrole nitrogens is 1. The van der Waals surface area contributed by atoms with Crippen molar-refractivity contribution in [2.45, 2.75) is 0 Å². The fraction of sp³-hybridized carbons (Fsp3) is 0.0588. The molecule has 0 bridgehead atoms. The van der Waals surface area contributed by atoms with E-state index in [-0.39, 0.29) is 22.8 Å². The zero-order chi connectivity index (χ0) is 18.7. The van der Waals surface area contributed by atoms with Crippen molar-refractivity contribution in [1.29, 1.82) is 0 Å². The molecular weight excluding hydrogens is 340 g/mol. The van der Waals surface area contributed by atoms with Crippen molar-refractivity contribution in [3.05, 3.63) is 64.3 Å². The van der Waals surface area contributed by atoms with Gasteiger partial charge in [0, 0.05) is 17.7 Å². The Morgan fingerprint density at radius 1 is 1.27 bits per heavy atom. The number of carbonyl (C=O) groups excluding carboxylic acids is 1. The number of carbonyl (C=O) groups is 1. The van der Waals surface area contributed by atoms with Crippen LogP contribution in [0, 0.1) is 10.1 Å². The lowest BCUT2D eigenvalue weighted by molar-refractivity contribution is -0.384. The van der Waals surface area contributed by atoms with E-state index in [1.54, 1.807) is 25.3 Å². The number of aromatic nitrogens is 2. The third kappa shape index (κ3) is 3.46. The number of hydrogen-bond acceptors (Lipinski definition) is 6. The smallest absolute Gasteiger partial charge is 0.273 e. The summed E-state index contributed by atoms with van der Waals surface area (Å²) in [6.45, 7) is 0. The van der Waals surface area contributed by atoms with Gasteiger partial charge in [-0.25, -0.2) is 0 Å². The van der Waals surface area contributed by atoms with E-state index in [9.17, 15) is 20.0 Å². The van der Waals surface area contributed by atoms with E-state index in [4.69, 9.17) is 4.74 Å². The highest BCUT2D eigenvalue weighted by Crippen LogP contribution is 2.28. The summed E-state index contributed by atoms with van der Waals surface area (Å²) in [6, 6.07) is 12.0. The van der Waals surface area contributed by atoms with Crippen LogP contribution in [0.25, 0.3) is 11.3 Å². The van der Waals surface area contributed by atoms with Crippen LogP contribution in [0.5, 0.6) is 11.5 Å². The molecule has 1 aromatic heterocycles. The molecule has 3 N–H and O–H groups in total. The summed E-state index contributed by atoms with van der Waals surface area (Å²) in [6.07, 6.45) is 0. The van der Waals surface area contributed by atoms with Crippen LogP contribution < -0.4 is 10.1 Å². The minimum Gasteiger partial charge on any atom is -0.506 e. The molecule has 26 heavy (non-hydrogen) atoms. The SMILES string of the molecule is COc1cccc(-c2cc(C(=O)Nc3cc([N+](=O)[O-])ccc3O)[nH]n2)c1. The van der Waals surface area contributed by atoms with Gasteiger partial charge in [0.1, 0.15) is 17.2 Å². The summed E-state index contributed by atoms with van der Waals surface area (Å²) >= 11 is 0. The second kappa shape index (κ2) is 6.93. The highest BCUT2D eigenvalue weighted by molar-refractivity contribution is 6.04. The van der Waals surface area contributed by atoms with Crippen LogP contribution in [-0.4, -0.2) is 33.2 Å². The highest BCUT2D eigenvalue weighted by Gasteiger charge is 2.16. The van der Waals surface area contributed by atoms with Crippen LogP contribution >= 0.6 is 0 Å². The lowest BCUT2D eigenvalue weighted by Crippen LogP contribution is -2.12. The molecule has 0 radical (unpaired) electrons. The number of nitrogens with zero attached hydrogens (tertiary/aromatic N) is 2. The number of methoxy groups -OCH3 is 1. The third-order valence-electron chi connectivity index (χ3n) is 3.63. The van der Waals surface area contributed by atoms with E-state index in [2.05, 4.69) is 15.5 Å². The Kier molecular flexibility index (Phi) is 4.52. The zero-order valence-electron chi connectivity index (χ0n) is 13.6. The number of anilines is 1. The molecule has 0 unspecified atom stereocenters. The van der Waals surface area contributed by atoms with Gasteiger partial charge >= 0.3 is 0 Å². The van der Waals surface area contributed by atoms with E-state index >= 15 is 0 Å². The number of phenols is 1. The molecule has 0 atom stereocenters. The van der Waals surface area contributed by atoms with Gasteiger partial charge in [-0.15, -0.1) is 0 Å². The Morgan fingerprint density at radius 2 is 2.08 bits per heavy atom. The second-order valence-corrected chi connectivity index (χ2v) is 5.31. The second-order valence-electron chi connectivity index (χ2n) is 5.31. The maximum atomic E-state index is 12.3. The zero-order valence-corrected chi connectivity index (χ0v) is 13.6. The number of phenolic OH excluding ortho intramolecular Hbond substituents is 1. The third-order valence-corrected chi connectivity index (χ3v) is 3.63. The van der Waals surface area contributed by atoms with E-state index in [1.807, 2.05) is 6.07 Å². The Labute approximate surface area is 147 Å². The number of nitro benzene ring substituents is 1. The normalized spacial score (nSPS) is 10.3. The molecule has 0 saturated heterocycles. The Balaban J connectivity index is 1.82. The van der Waals surface area contributed by atoms with E-state index in [1.165, 1.54) is 6.07 Å². The van der Waals surface area contributed by atoms with Gasteiger partial charge in [-0.1, -0.05) is 12.1 Å². The van der Waals surface area contributed by atoms with Crippen molar-refractivity contribution in [2.75, 3.05) is 12.4 Å². The lowest BCUT2D eigenvalue weighted by Gasteiger charge is -2.05. The fourth-order valence-electron chi connectivity index (χ4n) is 2.30. The first-order chi connectivity index (χ1) is 12.5. The predicted octanol–water partition coefficient (Wildman–Crippen LogP) is 2.95.